The van der Waals surface area contributed by atoms with Gasteiger partial charge in [0.25, 0.3) is 5.91 Å². The predicted molar refractivity (Wildman–Crippen MR) is 87.0 cm³/mol. The minimum atomic E-state index is -0.515. The minimum Gasteiger partial charge on any atom is -0.487 e. The summed E-state index contributed by atoms with van der Waals surface area (Å²) >= 11 is 0. The van der Waals surface area contributed by atoms with Crippen molar-refractivity contribution in [3.05, 3.63) is 53.2 Å². The zero-order chi connectivity index (χ0) is 16.6. The number of ketones is 1. The van der Waals surface area contributed by atoms with Crippen molar-refractivity contribution in [2.45, 2.75) is 32.8 Å². The van der Waals surface area contributed by atoms with Crippen LogP contribution >= 0.6 is 0 Å². The molecule has 2 aromatic rings. The second-order valence-electron chi connectivity index (χ2n) is 6.30. The Morgan fingerprint density at radius 3 is 2.83 bits per heavy atom. The number of nitrogens with zero attached hydrogens (tertiary/aromatic N) is 1. The first kappa shape index (κ1) is 15.2. The summed E-state index contributed by atoms with van der Waals surface area (Å²) in [7, 11) is 0. The van der Waals surface area contributed by atoms with Crippen molar-refractivity contribution in [3.63, 3.8) is 0 Å². The molecule has 1 amide bonds. The fourth-order valence-corrected chi connectivity index (χ4v) is 2.59. The number of pyridine rings is 1. The van der Waals surface area contributed by atoms with Crippen LogP contribution in [0.2, 0.25) is 0 Å². The Hall–Kier alpha value is -2.69. The number of benzene rings is 1. The SMILES string of the molecule is Cc1cccnc1NC(=O)c1ccc2c(c1)C(=O)CC(C)(C)O2. The summed E-state index contributed by atoms with van der Waals surface area (Å²) in [5, 5.41) is 2.76. The van der Waals surface area contributed by atoms with Gasteiger partial charge < -0.3 is 10.1 Å². The maximum absolute atomic E-state index is 12.4. The number of amides is 1. The molecule has 1 aliphatic rings. The number of nitrogens with one attached hydrogen (secondary N) is 1. The third-order valence-corrected chi connectivity index (χ3v) is 3.76. The van der Waals surface area contributed by atoms with Gasteiger partial charge in [-0.05, 0) is 50.6 Å². The van der Waals surface area contributed by atoms with Crippen molar-refractivity contribution in [1.29, 1.82) is 0 Å². The normalized spacial score (nSPS) is 15.5. The lowest BCUT2D eigenvalue weighted by Crippen LogP contribution is -2.36. The van der Waals surface area contributed by atoms with E-state index in [9.17, 15) is 9.59 Å². The Kier molecular flexibility index (Phi) is 3.64. The lowest BCUT2D eigenvalue weighted by molar-refractivity contribution is 0.0620. The third kappa shape index (κ3) is 3.08. The average Bonchev–Trinajstić information content (AvgIpc) is 2.48. The molecule has 0 radical (unpaired) electrons. The number of fused-ring (bicyclic) bond motifs is 1. The van der Waals surface area contributed by atoms with Crippen LogP contribution in [0.3, 0.4) is 0 Å². The molecule has 1 aliphatic heterocycles. The molecule has 118 valence electrons. The highest BCUT2D eigenvalue weighted by Crippen LogP contribution is 2.33. The Balaban J connectivity index is 1.88. The molecule has 0 atom stereocenters. The minimum absolute atomic E-state index is 0.0140. The smallest absolute Gasteiger partial charge is 0.256 e. The van der Waals surface area contributed by atoms with Crippen LogP contribution in [0.5, 0.6) is 5.75 Å². The van der Waals surface area contributed by atoms with Gasteiger partial charge in [0.05, 0.1) is 12.0 Å². The van der Waals surface area contributed by atoms with Crippen LogP contribution in [-0.4, -0.2) is 22.3 Å². The summed E-state index contributed by atoms with van der Waals surface area (Å²) in [6, 6.07) is 8.59. The monoisotopic (exact) mass is 310 g/mol. The van der Waals surface area contributed by atoms with E-state index >= 15 is 0 Å². The van der Waals surface area contributed by atoms with Crippen molar-refractivity contribution >= 4 is 17.5 Å². The van der Waals surface area contributed by atoms with E-state index in [0.29, 0.717) is 29.1 Å². The standard InChI is InChI=1S/C18H18N2O3/c1-11-5-4-8-19-16(11)20-17(22)12-6-7-15-13(9-12)14(21)10-18(2,3)23-15/h4-9H,10H2,1-3H3,(H,19,20,22). The lowest BCUT2D eigenvalue weighted by atomic mass is 9.92. The summed E-state index contributed by atoms with van der Waals surface area (Å²) in [5.41, 5.74) is 1.22. The van der Waals surface area contributed by atoms with Crippen molar-refractivity contribution in [2.24, 2.45) is 0 Å². The Bertz CT molecular complexity index is 797. The molecule has 0 saturated heterocycles. The van der Waals surface area contributed by atoms with Crippen LogP contribution in [0, 0.1) is 6.92 Å². The van der Waals surface area contributed by atoms with Crippen LogP contribution in [0.15, 0.2) is 36.5 Å². The van der Waals surface area contributed by atoms with Crippen LogP contribution in [0.25, 0.3) is 0 Å². The average molecular weight is 310 g/mol. The van der Waals surface area contributed by atoms with E-state index in [0.717, 1.165) is 5.56 Å². The highest BCUT2D eigenvalue weighted by molar-refractivity contribution is 6.07. The van der Waals surface area contributed by atoms with Gasteiger partial charge in [-0.25, -0.2) is 4.98 Å². The number of ether oxygens (including phenoxy) is 1. The molecule has 1 N–H and O–H groups in total. The van der Waals surface area contributed by atoms with Gasteiger partial charge in [0.15, 0.2) is 5.78 Å². The zero-order valence-electron chi connectivity index (χ0n) is 13.3. The largest absolute Gasteiger partial charge is 0.487 e. The van der Waals surface area contributed by atoms with E-state index in [1.165, 1.54) is 0 Å². The Morgan fingerprint density at radius 1 is 1.30 bits per heavy atom. The molecule has 0 aliphatic carbocycles. The molecule has 3 rings (SSSR count). The molecule has 0 fully saturated rings. The molecule has 2 heterocycles. The molecule has 0 spiro atoms. The molecular weight excluding hydrogens is 292 g/mol. The number of hydrogen-bond donors (Lipinski definition) is 1. The molecule has 23 heavy (non-hydrogen) atoms. The molecular formula is C18H18N2O3. The number of carbonyl (C=O) groups excluding carboxylic acids is 2. The highest BCUT2D eigenvalue weighted by atomic mass is 16.5. The fourth-order valence-electron chi connectivity index (χ4n) is 2.59. The molecule has 1 aromatic carbocycles. The molecule has 1 aromatic heterocycles. The van der Waals surface area contributed by atoms with E-state index in [2.05, 4.69) is 10.3 Å². The van der Waals surface area contributed by atoms with Gasteiger partial charge in [0, 0.05) is 11.8 Å². The lowest BCUT2D eigenvalue weighted by Gasteiger charge is -2.31. The summed E-state index contributed by atoms with van der Waals surface area (Å²) < 4.78 is 5.80. The first-order valence-electron chi connectivity index (χ1n) is 7.45. The maximum Gasteiger partial charge on any atom is 0.256 e. The summed E-state index contributed by atoms with van der Waals surface area (Å²) in [6.07, 6.45) is 1.92. The number of Topliss-reactive ketones (excluding diaryl/α,β-unsaturated/α-hetero) is 1. The van der Waals surface area contributed by atoms with Crippen LogP contribution in [0.1, 0.15) is 46.5 Å². The zero-order valence-corrected chi connectivity index (χ0v) is 13.3. The first-order chi connectivity index (χ1) is 10.9. The van der Waals surface area contributed by atoms with E-state index in [4.69, 9.17) is 4.74 Å². The number of aromatic nitrogens is 1. The number of anilines is 1. The quantitative estimate of drug-likeness (QED) is 0.923. The van der Waals surface area contributed by atoms with E-state index in [1.807, 2.05) is 32.9 Å². The molecule has 0 bridgehead atoms. The van der Waals surface area contributed by atoms with Gasteiger partial charge in [-0.2, -0.15) is 0 Å². The van der Waals surface area contributed by atoms with E-state index < -0.39 is 5.60 Å². The molecule has 0 saturated carbocycles. The predicted octanol–water partition coefficient (Wildman–Crippen LogP) is 3.39. The topological polar surface area (TPSA) is 68.3 Å². The van der Waals surface area contributed by atoms with Gasteiger partial charge in [0.2, 0.25) is 0 Å². The number of aryl methyl sites for hydroxylation is 1. The van der Waals surface area contributed by atoms with Crippen LogP contribution in [0.4, 0.5) is 5.82 Å². The number of rotatable bonds is 2. The van der Waals surface area contributed by atoms with E-state index in [1.54, 1.807) is 24.4 Å². The van der Waals surface area contributed by atoms with Gasteiger partial charge >= 0.3 is 0 Å². The summed E-state index contributed by atoms with van der Waals surface area (Å²) in [5.74, 6) is 0.725. The Morgan fingerprint density at radius 2 is 2.09 bits per heavy atom. The second kappa shape index (κ2) is 5.50. The highest BCUT2D eigenvalue weighted by Gasteiger charge is 2.32. The van der Waals surface area contributed by atoms with Gasteiger partial charge in [-0.1, -0.05) is 6.07 Å². The maximum atomic E-state index is 12.4. The summed E-state index contributed by atoms with van der Waals surface area (Å²) in [4.78, 5) is 28.8. The molecule has 5 nitrogen and oxygen atoms in total. The second-order valence-corrected chi connectivity index (χ2v) is 6.30. The van der Waals surface area contributed by atoms with E-state index in [-0.39, 0.29) is 11.7 Å². The molecule has 5 heteroatoms. The number of carbonyl (C=O) groups is 2. The fraction of sp³-hybridized carbons (Fsp3) is 0.278. The third-order valence-electron chi connectivity index (χ3n) is 3.76. The van der Waals surface area contributed by atoms with Crippen LogP contribution < -0.4 is 10.1 Å². The Labute approximate surface area is 134 Å². The van der Waals surface area contributed by atoms with Gasteiger partial charge in [-0.3, -0.25) is 9.59 Å². The first-order valence-corrected chi connectivity index (χ1v) is 7.45. The van der Waals surface area contributed by atoms with Gasteiger partial charge in [0.1, 0.15) is 17.2 Å². The van der Waals surface area contributed by atoms with Crippen molar-refractivity contribution < 1.29 is 14.3 Å². The summed E-state index contributed by atoms with van der Waals surface area (Å²) in [6.45, 7) is 5.62. The van der Waals surface area contributed by atoms with Gasteiger partial charge in [-0.15, -0.1) is 0 Å². The molecule has 0 unspecified atom stereocenters. The van der Waals surface area contributed by atoms with Crippen molar-refractivity contribution in [1.82, 2.24) is 4.98 Å². The van der Waals surface area contributed by atoms with Crippen LogP contribution in [-0.2, 0) is 0 Å². The van der Waals surface area contributed by atoms with Crippen molar-refractivity contribution in [3.8, 4) is 5.75 Å². The number of hydrogen-bond acceptors (Lipinski definition) is 4. The van der Waals surface area contributed by atoms with Crippen molar-refractivity contribution in [2.75, 3.05) is 5.32 Å².